The zero-order valence-corrected chi connectivity index (χ0v) is 12.1. The molecule has 74 valence electrons. The molecule has 0 spiro atoms. The van der Waals surface area contributed by atoms with E-state index in [9.17, 15) is 0 Å². The van der Waals surface area contributed by atoms with Crippen LogP contribution in [-0.2, 0) is 0 Å². The first-order chi connectivity index (χ1) is 6.51. The minimum absolute atomic E-state index is 0.876. The van der Waals surface area contributed by atoms with E-state index in [1.165, 1.54) is 0 Å². The van der Waals surface area contributed by atoms with Gasteiger partial charge in [-0.25, -0.2) is 0 Å². The SMILES string of the molecule is COc1cccc(C#[C][Sn]([CH3])([CH3])[CH3])c1. The van der Waals surface area contributed by atoms with Crippen LogP contribution in [0.1, 0.15) is 5.56 Å². The van der Waals surface area contributed by atoms with Crippen LogP contribution in [0.15, 0.2) is 24.3 Å². The maximum absolute atomic E-state index is 5.14. The van der Waals surface area contributed by atoms with Gasteiger partial charge in [0.2, 0.25) is 0 Å². The first-order valence-electron chi connectivity index (χ1n) is 4.68. The van der Waals surface area contributed by atoms with Crippen LogP contribution < -0.4 is 4.74 Å². The van der Waals surface area contributed by atoms with E-state index in [1.54, 1.807) is 7.11 Å². The maximum atomic E-state index is 5.14. The van der Waals surface area contributed by atoms with Gasteiger partial charge in [0.15, 0.2) is 0 Å². The summed E-state index contributed by atoms with van der Waals surface area (Å²) in [6.45, 7) is 0. The van der Waals surface area contributed by atoms with Crippen molar-refractivity contribution in [2.75, 3.05) is 7.11 Å². The molecule has 1 aromatic carbocycles. The Morgan fingerprint density at radius 3 is 2.50 bits per heavy atom. The molecule has 1 aromatic rings. The Labute approximate surface area is 90.4 Å². The molecule has 0 aliphatic carbocycles. The molecule has 0 radical (unpaired) electrons. The fraction of sp³-hybridized carbons (Fsp3) is 0.333. The van der Waals surface area contributed by atoms with Gasteiger partial charge in [0.05, 0.1) is 0 Å². The van der Waals surface area contributed by atoms with Crippen molar-refractivity contribution in [1.29, 1.82) is 0 Å². The van der Waals surface area contributed by atoms with Gasteiger partial charge < -0.3 is 0 Å². The summed E-state index contributed by atoms with van der Waals surface area (Å²) in [5, 5.41) is 0. The van der Waals surface area contributed by atoms with Gasteiger partial charge in [-0.05, 0) is 0 Å². The second-order valence-corrected chi connectivity index (χ2v) is 17.8. The third-order valence-corrected chi connectivity index (χ3v) is 4.15. The van der Waals surface area contributed by atoms with Crippen molar-refractivity contribution in [2.45, 2.75) is 14.8 Å². The van der Waals surface area contributed by atoms with Crippen LogP contribution in [-0.4, -0.2) is 25.5 Å². The minimum atomic E-state index is -1.94. The average molecular weight is 295 g/mol. The van der Waals surface area contributed by atoms with Gasteiger partial charge in [0.1, 0.15) is 0 Å². The molecule has 1 rings (SSSR count). The van der Waals surface area contributed by atoms with E-state index < -0.39 is 18.4 Å². The predicted octanol–water partition coefficient (Wildman–Crippen LogP) is 2.92. The first kappa shape index (κ1) is 11.5. The van der Waals surface area contributed by atoms with Crippen LogP contribution in [0.25, 0.3) is 0 Å². The van der Waals surface area contributed by atoms with Crippen molar-refractivity contribution in [1.82, 2.24) is 0 Å². The second kappa shape index (κ2) is 4.74. The van der Waals surface area contributed by atoms with Crippen LogP contribution in [0.2, 0.25) is 14.8 Å². The summed E-state index contributed by atoms with van der Waals surface area (Å²) in [4.78, 5) is 6.92. The third kappa shape index (κ3) is 4.06. The van der Waals surface area contributed by atoms with Crippen molar-refractivity contribution < 1.29 is 4.74 Å². The second-order valence-electron chi connectivity index (χ2n) is 4.23. The average Bonchev–Trinajstić information content (AvgIpc) is 2.14. The van der Waals surface area contributed by atoms with E-state index in [0.29, 0.717) is 0 Å². The monoisotopic (exact) mass is 296 g/mol. The molecule has 0 heterocycles. The molecule has 0 saturated heterocycles. The molecule has 1 nitrogen and oxygen atoms in total. The molecule has 0 N–H and O–H groups in total. The molecule has 0 saturated carbocycles. The molecule has 0 fully saturated rings. The van der Waals surface area contributed by atoms with Gasteiger partial charge in [-0.3, -0.25) is 0 Å². The summed E-state index contributed by atoms with van der Waals surface area (Å²) in [5.74, 6) is 4.10. The number of methoxy groups -OCH3 is 1. The van der Waals surface area contributed by atoms with E-state index in [2.05, 4.69) is 24.7 Å². The molecule has 2 heteroatoms. The standard InChI is InChI=1S/C9H7O.3CH3.Sn/c1-3-8-5-4-6-9(7-8)10-2;;;;/h4-7H,2H3;3*1H3;. The van der Waals surface area contributed by atoms with Gasteiger partial charge >= 0.3 is 90.5 Å². The predicted molar refractivity (Wildman–Crippen MR) is 63.2 cm³/mol. The Balaban J connectivity index is 2.90. The van der Waals surface area contributed by atoms with E-state index in [0.717, 1.165) is 11.3 Å². The molecule has 0 amide bonds. The van der Waals surface area contributed by atoms with Crippen LogP contribution >= 0.6 is 0 Å². The van der Waals surface area contributed by atoms with E-state index >= 15 is 0 Å². The summed E-state index contributed by atoms with van der Waals surface area (Å²) in [6.07, 6.45) is 0. The summed E-state index contributed by atoms with van der Waals surface area (Å²) < 4.78 is 8.53. The first-order valence-corrected chi connectivity index (χ1v) is 14.7. The Morgan fingerprint density at radius 1 is 1.21 bits per heavy atom. The normalized spacial score (nSPS) is 10.3. The van der Waals surface area contributed by atoms with Crippen molar-refractivity contribution >= 4 is 18.4 Å². The van der Waals surface area contributed by atoms with E-state index in [1.807, 2.05) is 24.3 Å². The quantitative estimate of drug-likeness (QED) is 0.572. The molecule has 0 aliphatic heterocycles. The summed E-state index contributed by atoms with van der Waals surface area (Å²) in [6, 6.07) is 7.91. The molecule has 0 aromatic heterocycles. The molecule has 0 unspecified atom stereocenters. The number of benzene rings is 1. The molecular formula is C12H16OSn. The van der Waals surface area contributed by atoms with Crippen LogP contribution in [0, 0.1) is 9.86 Å². The number of hydrogen-bond acceptors (Lipinski definition) is 1. The zero-order valence-electron chi connectivity index (χ0n) is 9.22. The van der Waals surface area contributed by atoms with E-state index in [-0.39, 0.29) is 0 Å². The summed E-state index contributed by atoms with van der Waals surface area (Å²) in [5.41, 5.74) is 1.05. The van der Waals surface area contributed by atoms with Crippen molar-refractivity contribution in [3.05, 3.63) is 29.8 Å². The van der Waals surface area contributed by atoms with Gasteiger partial charge in [-0.1, -0.05) is 0 Å². The molecule has 0 aliphatic rings. The van der Waals surface area contributed by atoms with Crippen LogP contribution in [0.3, 0.4) is 0 Å². The van der Waals surface area contributed by atoms with Gasteiger partial charge in [0, 0.05) is 0 Å². The Kier molecular flexibility index (Phi) is 3.88. The Hall–Kier alpha value is -0.621. The summed E-state index contributed by atoms with van der Waals surface area (Å²) in [7, 11) is 1.68. The van der Waals surface area contributed by atoms with Crippen LogP contribution in [0.5, 0.6) is 5.75 Å². The van der Waals surface area contributed by atoms with Gasteiger partial charge in [0.25, 0.3) is 0 Å². The zero-order chi connectivity index (χ0) is 10.6. The number of hydrogen-bond donors (Lipinski definition) is 0. The number of rotatable bonds is 1. The van der Waals surface area contributed by atoms with Crippen molar-refractivity contribution in [3.63, 3.8) is 0 Å². The fourth-order valence-corrected chi connectivity index (χ4v) is 2.44. The molecule has 0 bridgehead atoms. The van der Waals surface area contributed by atoms with Gasteiger partial charge in [-0.15, -0.1) is 0 Å². The number of ether oxygens (including phenoxy) is 1. The third-order valence-electron chi connectivity index (χ3n) is 1.65. The van der Waals surface area contributed by atoms with Crippen molar-refractivity contribution in [2.24, 2.45) is 0 Å². The topological polar surface area (TPSA) is 9.23 Å². The Morgan fingerprint density at radius 2 is 1.93 bits per heavy atom. The molecule has 0 atom stereocenters. The van der Waals surface area contributed by atoms with Crippen LogP contribution in [0.4, 0.5) is 0 Å². The van der Waals surface area contributed by atoms with Crippen molar-refractivity contribution in [3.8, 4) is 15.6 Å². The van der Waals surface area contributed by atoms with Gasteiger partial charge in [-0.2, -0.15) is 0 Å². The molecule has 14 heavy (non-hydrogen) atoms. The summed E-state index contributed by atoms with van der Waals surface area (Å²) >= 11 is -1.94. The molecular weight excluding hydrogens is 279 g/mol. The van der Waals surface area contributed by atoms with E-state index in [4.69, 9.17) is 4.74 Å². The Bertz CT molecular complexity index is 366. The fourth-order valence-electron chi connectivity index (χ4n) is 0.960.